The Morgan fingerprint density at radius 1 is 1.17 bits per heavy atom. The molecule has 0 amide bonds. The molecular formula is C20H21F3N6O5S. The molecule has 0 aliphatic carbocycles. The number of primary sulfonamides is 1. The van der Waals surface area contributed by atoms with Gasteiger partial charge in [-0.1, -0.05) is 0 Å². The standard InChI is InChI=1S/C18H20N6O3S.C2HF3O2/c1-27-15-5-2-12(10-16(15)28(19,25)26)13-3-4-14-17(23-13)18(22-11-21-14)24-8-6-20-7-9-24;3-2(4,5)1(6)7/h2-5,10-11,20H,6-9H2,1H3,(H2,19,25,26);(H,6,7). The minimum Gasteiger partial charge on any atom is -0.495 e. The number of nitrogens with zero attached hydrogens (tertiary/aromatic N) is 4. The number of nitrogens with two attached hydrogens (primary N) is 1. The Morgan fingerprint density at radius 2 is 1.83 bits per heavy atom. The van der Waals surface area contributed by atoms with E-state index in [1.54, 1.807) is 18.2 Å². The summed E-state index contributed by atoms with van der Waals surface area (Å²) < 4.78 is 60.7. The number of nitrogens with one attached hydrogen (secondary N) is 1. The Bertz CT molecular complexity index is 1330. The number of halogens is 3. The molecule has 0 radical (unpaired) electrons. The van der Waals surface area contributed by atoms with Crippen LogP contribution in [0.2, 0.25) is 0 Å². The number of fused-ring (bicyclic) bond motifs is 1. The van der Waals surface area contributed by atoms with Crippen LogP contribution in [0.4, 0.5) is 19.0 Å². The molecular weight excluding hydrogens is 493 g/mol. The van der Waals surface area contributed by atoms with Gasteiger partial charge in [0.25, 0.3) is 0 Å². The summed E-state index contributed by atoms with van der Waals surface area (Å²) in [5, 5.41) is 15.8. The molecule has 4 rings (SSSR count). The van der Waals surface area contributed by atoms with Gasteiger partial charge in [-0.2, -0.15) is 13.2 Å². The van der Waals surface area contributed by atoms with Crippen LogP contribution in [0.15, 0.2) is 41.6 Å². The third kappa shape index (κ3) is 6.32. The maximum absolute atomic E-state index is 11.9. The Balaban J connectivity index is 0.000000429. The van der Waals surface area contributed by atoms with Crippen LogP contribution in [0, 0.1) is 0 Å². The molecule has 4 N–H and O–H groups in total. The van der Waals surface area contributed by atoms with Crippen molar-refractivity contribution in [2.24, 2.45) is 5.14 Å². The summed E-state index contributed by atoms with van der Waals surface area (Å²) in [7, 11) is -2.54. The van der Waals surface area contributed by atoms with Gasteiger partial charge in [0.1, 0.15) is 22.5 Å². The molecule has 188 valence electrons. The number of ether oxygens (including phenoxy) is 1. The number of aromatic nitrogens is 3. The fourth-order valence-electron chi connectivity index (χ4n) is 3.25. The zero-order valence-corrected chi connectivity index (χ0v) is 19.1. The Morgan fingerprint density at radius 3 is 2.40 bits per heavy atom. The summed E-state index contributed by atoms with van der Waals surface area (Å²) in [4.78, 5) is 24.5. The highest BCUT2D eigenvalue weighted by Gasteiger charge is 2.38. The lowest BCUT2D eigenvalue weighted by molar-refractivity contribution is -0.192. The van der Waals surface area contributed by atoms with Crippen LogP contribution < -0.4 is 20.1 Å². The van der Waals surface area contributed by atoms with Crippen molar-refractivity contribution in [3.05, 3.63) is 36.7 Å². The lowest BCUT2D eigenvalue weighted by atomic mass is 10.1. The van der Waals surface area contributed by atoms with Crippen LogP contribution in [0.5, 0.6) is 5.75 Å². The monoisotopic (exact) mass is 514 g/mol. The van der Waals surface area contributed by atoms with Crippen molar-refractivity contribution >= 4 is 32.8 Å². The fourth-order valence-corrected chi connectivity index (χ4v) is 3.98. The minimum absolute atomic E-state index is 0.0824. The van der Waals surface area contributed by atoms with E-state index in [9.17, 15) is 21.6 Å². The van der Waals surface area contributed by atoms with Crippen molar-refractivity contribution in [1.29, 1.82) is 0 Å². The Labute approximate surface area is 197 Å². The number of anilines is 1. The van der Waals surface area contributed by atoms with Gasteiger partial charge in [0, 0.05) is 31.7 Å². The summed E-state index contributed by atoms with van der Waals surface area (Å²) in [5.41, 5.74) is 2.62. The van der Waals surface area contributed by atoms with Gasteiger partial charge in [0.15, 0.2) is 5.82 Å². The molecule has 15 heteroatoms. The molecule has 1 aliphatic heterocycles. The number of hydrogen-bond acceptors (Lipinski definition) is 9. The molecule has 3 heterocycles. The van der Waals surface area contributed by atoms with E-state index in [-0.39, 0.29) is 10.6 Å². The second kappa shape index (κ2) is 10.4. The molecule has 0 bridgehead atoms. The van der Waals surface area contributed by atoms with Crippen molar-refractivity contribution in [1.82, 2.24) is 20.3 Å². The molecule has 2 aromatic heterocycles. The molecule has 1 aliphatic rings. The normalized spacial score (nSPS) is 14.3. The third-order valence-corrected chi connectivity index (χ3v) is 5.82. The quantitative estimate of drug-likeness (QED) is 0.464. The van der Waals surface area contributed by atoms with Crippen LogP contribution in [-0.2, 0) is 14.8 Å². The summed E-state index contributed by atoms with van der Waals surface area (Å²) >= 11 is 0. The second-order valence-electron chi connectivity index (χ2n) is 7.21. The number of benzene rings is 1. The average molecular weight is 514 g/mol. The van der Waals surface area contributed by atoms with E-state index in [1.807, 2.05) is 6.07 Å². The third-order valence-electron chi connectivity index (χ3n) is 4.89. The molecule has 3 aromatic rings. The summed E-state index contributed by atoms with van der Waals surface area (Å²) in [6, 6.07) is 8.43. The van der Waals surface area contributed by atoms with E-state index >= 15 is 0 Å². The maximum atomic E-state index is 11.9. The molecule has 0 spiro atoms. The first-order valence-electron chi connectivity index (χ1n) is 10.0. The van der Waals surface area contributed by atoms with E-state index in [1.165, 1.54) is 19.5 Å². The maximum Gasteiger partial charge on any atom is 0.490 e. The first-order chi connectivity index (χ1) is 16.4. The van der Waals surface area contributed by atoms with Crippen LogP contribution >= 0.6 is 0 Å². The first-order valence-corrected chi connectivity index (χ1v) is 11.5. The van der Waals surface area contributed by atoms with Crippen LogP contribution in [0.1, 0.15) is 0 Å². The van der Waals surface area contributed by atoms with Gasteiger partial charge >= 0.3 is 12.1 Å². The van der Waals surface area contributed by atoms with Crippen molar-refractivity contribution in [3.8, 4) is 17.0 Å². The van der Waals surface area contributed by atoms with Gasteiger partial charge in [-0.25, -0.2) is 33.3 Å². The van der Waals surface area contributed by atoms with E-state index in [2.05, 4.69) is 20.2 Å². The molecule has 1 saturated heterocycles. The van der Waals surface area contributed by atoms with Crippen LogP contribution in [0.3, 0.4) is 0 Å². The summed E-state index contributed by atoms with van der Waals surface area (Å²) in [5.74, 6) is -1.79. The van der Waals surface area contributed by atoms with Gasteiger partial charge in [0.05, 0.1) is 18.3 Å². The lowest BCUT2D eigenvalue weighted by Crippen LogP contribution is -2.44. The molecule has 1 aromatic carbocycles. The van der Waals surface area contributed by atoms with Crippen LogP contribution in [0.25, 0.3) is 22.3 Å². The van der Waals surface area contributed by atoms with E-state index in [4.69, 9.17) is 24.8 Å². The number of methoxy groups -OCH3 is 1. The second-order valence-corrected chi connectivity index (χ2v) is 8.74. The predicted molar refractivity (Wildman–Crippen MR) is 119 cm³/mol. The topological polar surface area (TPSA) is 161 Å². The fraction of sp³-hybridized carbons (Fsp3) is 0.300. The number of pyridine rings is 1. The van der Waals surface area contributed by atoms with Gasteiger partial charge in [-0.05, 0) is 30.3 Å². The number of rotatable bonds is 4. The molecule has 0 unspecified atom stereocenters. The highest BCUT2D eigenvalue weighted by molar-refractivity contribution is 7.89. The number of piperazine rings is 1. The lowest BCUT2D eigenvalue weighted by Gasteiger charge is -2.28. The smallest absolute Gasteiger partial charge is 0.490 e. The number of aliphatic carboxylic acids is 1. The highest BCUT2D eigenvalue weighted by Crippen LogP contribution is 2.30. The number of alkyl halides is 3. The highest BCUT2D eigenvalue weighted by atomic mass is 32.2. The van der Waals surface area contributed by atoms with E-state index in [0.717, 1.165) is 37.5 Å². The van der Waals surface area contributed by atoms with Crippen molar-refractivity contribution < 1.29 is 36.2 Å². The molecule has 11 nitrogen and oxygen atoms in total. The summed E-state index contributed by atoms with van der Waals surface area (Å²) in [6.07, 6.45) is -3.55. The molecule has 0 atom stereocenters. The van der Waals surface area contributed by atoms with E-state index < -0.39 is 22.2 Å². The van der Waals surface area contributed by atoms with Crippen molar-refractivity contribution in [2.45, 2.75) is 11.1 Å². The van der Waals surface area contributed by atoms with E-state index in [0.29, 0.717) is 16.8 Å². The van der Waals surface area contributed by atoms with Gasteiger partial charge in [0.2, 0.25) is 10.0 Å². The first kappa shape index (κ1) is 26.1. The summed E-state index contributed by atoms with van der Waals surface area (Å²) in [6.45, 7) is 3.41. The minimum atomic E-state index is -5.08. The SMILES string of the molecule is COc1ccc(-c2ccc3ncnc(N4CCNCC4)c3n2)cc1S(N)(=O)=O.O=C(O)C(F)(F)F. The zero-order chi connectivity index (χ0) is 25.8. The number of carbonyl (C=O) groups is 1. The number of carboxylic acid groups (broad SMARTS) is 1. The predicted octanol–water partition coefficient (Wildman–Crippen LogP) is 1.39. The van der Waals surface area contributed by atoms with Crippen LogP contribution in [-0.4, -0.2) is 73.9 Å². The number of hydrogen-bond donors (Lipinski definition) is 3. The van der Waals surface area contributed by atoms with Gasteiger partial charge < -0.3 is 20.1 Å². The molecule has 0 saturated carbocycles. The van der Waals surface area contributed by atoms with Gasteiger partial charge in [-0.15, -0.1) is 0 Å². The Hall–Kier alpha value is -3.56. The average Bonchev–Trinajstić information content (AvgIpc) is 2.82. The Kier molecular flexibility index (Phi) is 7.72. The zero-order valence-electron chi connectivity index (χ0n) is 18.3. The number of carboxylic acids is 1. The van der Waals surface area contributed by atoms with Crippen molar-refractivity contribution in [3.63, 3.8) is 0 Å². The van der Waals surface area contributed by atoms with Crippen molar-refractivity contribution in [2.75, 3.05) is 38.2 Å². The number of sulfonamides is 1. The largest absolute Gasteiger partial charge is 0.495 e. The molecule has 35 heavy (non-hydrogen) atoms. The molecule has 1 fully saturated rings. The van der Waals surface area contributed by atoms with Gasteiger partial charge in [-0.3, -0.25) is 0 Å².